The predicted molar refractivity (Wildman–Crippen MR) is 134 cm³/mol. The van der Waals surface area contributed by atoms with Gasteiger partial charge >= 0.3 is 0 Å². The van der Waals surface area contributed by atoms with Gasteiger partial charge in [-0.05, 0) is 50.3 Å². The first-order chi connectivity index (χ1) is 16.5. The van der Waals surface area contributed by atoms with Crippen LogP contribution in [0.2, 0.25) is 5.02 Å². The van der Waals surface area contributed by atoms with Gasteiger partial charge in [-0.15, -0.1) is 0 Å². The summed E-state index contributed by atoms with van der Waals surface area (Å²) in [5, 5.41) is 5.64. The summed E-state index contributed by atoms with van der Waals surface area (Å²) < 4.78 is 13.9. The summed E-state index contributed by atoms with van der Waals surface area (Å²) in [4.78, 5) is 45.6. The van der Waals surface area contributed by atoms with Gasteiger partial charge in [-0.3, -0.25) is 14.4 Å². The number of aromatic nitrogens is 1. The van der Waals surface area contributed by atoms with E-state index < -0.39 is 17.6 Å². The molecule has 8 nitrogen and oxygen atoms in total. The van der Waals surface area contributed by atoms with E-state index in [-0.39, 0.29) is 41.5 Å². The zero-order valence-electron chi connectivity index (χ0n) is 19.9. The molecule has 35 heavy (non-hydrogen) atoms. The van der Waals surface area contributed by atoms with Crippen LogP contribution < -0.4 is 10.6 Å². The van der Waals surface area contributed by atoms with E-state index in [4.69, 9.17) is 11.6 Å². The molecule has 0 aliphatic heterocycles. The van der Waals surface area contributed by atoms with Crippen LogP contribution in [-0.4, -0.2) is 66.2 Å². The Morgan fingerprint density at radius 1 is 1.09 bits per heavy atom. The standard InChI is InChI=1S/C25H27ClFN5O3/c1-15-11-16(5-9-21(15)32(4)23(33)14-31(2)3)24(34)29-20-8-7-18(27)12-19(20)25(35)30-22-10-6-17(26)13-28-22/h5-13,15,21H,14H2,1-4H3,(H,29,34)(H,28,30,35). The minimum absolute atomic E-state index is 0.0325. The van der Waals surface area contributed by atoms with Crippen molar-refractivity contribution in [2.24, 2.45) is 5.92 Å². The van der Waals surface area contributed by atoms with Gasteiger partial charge in [-0.25, -0.2) is 9.37 Å². The molecule has 1 heterocycles. The Bertz CT molecular complexity index is 1180. The average Bonchev–Trinajstić information content (AvgIpc) is 2.80. The molecular weight excluding hydrogens is 473 g/mol. The van der Waals surface area contributed by atoms with Crippen molar-refractivity contribution in [3.8, 4) is 0 Å². The number of hydrogen-bond donors (Lipinski definition) is 2. The van der Waals surface area contributed by atoms with Crippen molar-refractivity contribution >= 4 is 40.8 Å². The predicted octanol–water partition coefficient (Wildman–Crippen LogP) is 3.59. The highest BCUT2D eigenvalue weighted by Crippen LogP contribution is 2.24. The summed E-state index contributed by atoms with van der Waals surface area (Å²) >= 11 is 5.81. The number of rotatable bonds is 7. The number of amides is 3. The Kier molecular flexibility index (Phi) is 8.37. The summed E-state index contributed by atoms with van der Waals surface area (Å²) in [6.07, 6.45) is 6.57. The molecule has 0 radical (unpaired) electrons. The molecule has 3 amide bonds. The van der Waals surface area contributed by atoms with Crippen LogP contribution in [0.5, 0.6) is 0 Å². The highest BCUT2D eigenvalue weighted by Gasteiger charge is 2.27. The lowest BCUT2D eigenvalue weighted by atomic mass is 9.91. The molecule has 184 valence electrons. The van der Waals surface area contributed by atoms with E-state index in [2.05, 4.69) is 15.6 Å². The molecule has 0 spiro atoms. The number of nitrogens with zero attached hydrogens (tertiary/aromatic N) is 3. The Balaban J connectivity index is 1.73. The third-order valence-corrected chi connectivity index (χ3v) is 5.68. The van der Waals surface area contributed by atoms with Crippen molar-refractivity contribution in [3.05, 3.63) is 76.7 Å². The molecule has 2 aromatic rings. The molecule has 2 atom stereocenters. The van der Waals surface area contributed by atoms with E-state index in [1.807, 2.05) is 21.0 Å². The molecule has 0 fully saturated rings. The van der Waals surface area contributed by atoms with E-state index in [1.165, 1.54) is 18.3 Å². The van der Waals surface area contributed by atoms with Gasteiger partial charge in [0.25, 0.3) is 11.8 Å². The van der Waals surface area contributed by atoms with Crippen molar-refractivity contribution in [1.29, 1.82) is 0 Å². The van der Waals surface area contributed by atoms with Gasteiger partial charge in [0.1, 0.15) is 11.6 Å². The Morgan fingerprint density at radius 2 is 1.83 bits per heavy atom. The van der Waals surface area contributed by atoms with Crippen LogP contribution in [0.25, 0.3) is 0 Å². The maximum absolute atomic E-state index is 13.9. The van der Waals surface area contributed by atoms with Crippen molar-refractivity contribution in [2.75, 3.05) is 38.3 Å². The smallest absolute Gasteiger partial charge is 0.259 e. The second kappa shape index (κ2) is 11.2. The fourth-order valence-electron chi connectivity index (χ4n) is 3.64. The number of benzene rings is 1. The van der Waals surface area contributed by atoms with E-state index in [1.54, 1.807) is 41.1 Å². The molecule has 2 N–H and O–H groups in total. The first-order valence-electron chi connectivity index (χ1n) is 10.9. The molecule has 1 aromatic carbocycles. The molecule has 0 bridgehead atoms. The lowest BCUT2D eigenvalue weighted by Crippen LogP contribution is -2.44. The first kappa shape index (κ1) is 26.1. The van der Waals surface area contributed by atoms with Gasteiger partial charge in [0.15, 0.2) is 0 Å². The normalized spacial score (nSPS) is 17.1. The van der Waals surface area contributed by atoms with Gasteiger partial charge < -0.3 is 20.4 Å². The lowest BCUT2D eigenvalue weighted by molar-refractivity contribution is -0.132. The zero-order valence-corrected chi connectivity index (χ0v) is 20.6. The van der Waals surface area contributed by atoms with Crippen LogP contribution in [0.4, 0.5) is 15.9 Å². The van der Waals surface area contributed by atoms with Gasteiger partial charge in [-0.1, -0.05) is 36.8 Å². The van der Waals surface area contributed by atoms with Gasteiger partial charge in [0.05, 0.1) is 28.9 Å². The van der Waals surface area contributed by atoms with E-state index in [0.717, 1.165) is 12.1 Å². The van der Waals surface area contributed by atoms with E-state index >= 15 is 0 Å². The van der Waals surface area contributed by atoms with Crippen LogP contribution in [0.15, 0.2) is 60.3 Å². The van der Waals surface area contributed by atoms with Crippen LogP contribution in [0.3, 0.4) is 0 Å². The van der Waals surface area contributed by atoms with Crippen molar-refractivity contribution in [1.82, 2.24) is 14.8 Å². The molecule has 10 heteroatoms. The van der Waals surface area contributed by atoms with Gasteiger partial charge in [0, 0.05) is 18.8 Å². The maximum atomic E-state index is 13.9. The molecule has 0 saturated carbocycles. The van der Waals surface area contributed by atoms with Crippen molar-refractivity contribution < 1.29 is 18.8 Å². The fraction of sp³-hybridized carbons (Fsp3) is 0.280. The molecule has 0 saturated heterocycles. The highest BCUT2D eigenvalue weighted by molar-refractivity contribution is 6.30. The zero-order chi connectivity index (χ0) is 25.7. The topological polar surface area (TPSA) is 94.6 Å². The van der Waals surface area contributed by atoms with Crippen LogP contribution >= 0.6 is 11.6 Å². The molecule has 1 aromatic heterocycles. The molecular formula is C25H27ClFN5O3. The van der Waals surface area contributed by atoms with E-state index in [9.17, 15) is 18.8 Å². The largest absolute Gasteiger partial charge is 0.338 e. The first-order valence-corrected chi connectivity index (χ1v) is 11.3. The van der Waals surface area contributed by atoms with Crippen LogP contribution in [0.1, 0.15) is 17.3 Å². The number of carbonyl (C=O) groups excluding carboxylic acids is 3. The summed E-state index contributed by atoms with van der Waals surface area (Å²) in [5.41, 5.74) is 0.456. The average molecular weight is 500 g/mol. The number of halogens is 2. The third kappa shape index (κ3) is 6.74. The quantitative estimate of drug-likeness (QED) is 0.607. The van der Waals surface area contributed by atoms with Gasteiger partial charge in [0.2, 0.25) is 5.91 Å². The molecule has 3 rings (SSSR count). The molecule has 1 aliphatic rings. The molecule has 1 aliphatic carbocycles. The number of hydrogen-bond acceptors (Lipinski definition) is 5. The summed E-state index contributed by atoms with van der Waals surface area (Å²) in [6, 6.07) is 6.38. The Hall–Kier alpha value is -3.56. The minimum atomic E-state index is -0.641. The second-order valence-corrected chi connectivity index (χ2v) is 8.97. The number of carbonyl (C=O) groups is 3. The van der Waals surface area contributed by atoms with Crippen molar-refractivity contribution in [2.45, 2.75) is 13.0 Å². The summed E-state index contributed by atoms with van der Waals surface area (Å²) in [6.45, 7) is 2.20. The minimum Gasteiger partial charge on any atom is -0.338 e. The Labute approximate surface area is 208 Å². The maximum Gasteiger partial charge on any atom is 0.259 e. The van der Waals surface area contributed by atoms with Gasteiger partial charge in [-0.2, -0.15) is 0 Å². The monoisotopic (exact) mass is 499 g/mol. The molecule has 2 unspecified atom stereocenters. The fourth-order valence-corrected chi connectivity index (χ4v) is 3.75. The number of likely N-dealkylation sites (N-methyl/N-ethyl adjacent to an activating group) is 2. The number of pyridine rings is 1. The van der Waals surface area contributed by atoms with Crippen LogP contribution in [0, 0.1) is 11.7 Å². The number of anilines is 2. The highest BCUT2D eigenvalue weighted by atomic mass is 35.5. The SMILES string of the molecule is CC1C=C(C(=O)Nc2ccc(F)cc2C(=O)Nc2ccc(Cl)cn2)C=CC1N(C)C(=O)CN(C)C. The van der Waals surface area contributed by atoms with Crippen molar-refractivity contribution in [3.63, 3.8) is 0 Å². The summed E-state index contributed by atoms with van der Waals surface area (Å²) in [7, 11) is 5.38. The second-order valence-electron chi connectivity index (χ2n) is 8.53. The summed E-state index contributed by atoms with van der Waals surface area (Å²) in [5.74, 6) is -1.65. The van der Waals surface area contributed by atoms with E-state index in [0.29, 0.717) is 10.6 Å². The lowest BCUT2D eigenvalue weighted by Gasteiger charge is -2.32. The Morgan fingerprint density at radius 3 is 2.46 bits per heavy atom. The third-order valence-electron chi connectivity index (χ3n) is 5.45. The number of nitrogens with one attached hydrogen (secondary N) is 2. The van der Waals surface area contributed by atoms with Crippen LogP contribution in [-0.2, 0) is 9.59 Å².